The number of nitrogens with one attached hydrogen (secondary N) is 1. The van der Waals surface area contributed by atoms with Crippen molar-refractivity contribution < 1.29 is 19.8 Å². The fraction of sp³-hybridized carbons (Fsp3) is 0.333. The van der Waals surface area contributed by atoms with Crippen molar-refractivity contribution in [3.05, 3.63) is 34.0 Å². The number of hydrogen-bond acceptors (Lipinski definition) is 5. The molecule has 0 radical (unpaired) electrons. The largest absolute Gasteiger partial charge is 0.507 e. The lowest BCUT2D eigenvalue weighted by molar-refractivity contribution is 0.0969. The van der Waals surface area contributed by atoms with Crippen LogP contribution in [0.1, 0.15) is 46.9 Å². The summed E-state index contributed by atoms with van der Waals surface area (Å²) < 4.78 is 0. The van der Waals surface area contributed by atoms with Crippen LogP contribution < -0.4 is 5.32 Å². The van der Waals surface area contributed by atoms with Crippen LogP contribution in [0.5, 0.6) is 11.5 Å². The molecule has 6 heteroatoms. The molecule has 0 bridgehead atoms. The SMILES string of the molecule is CCCCCNC1=C(Cl)C(=O)c2c(O)ccc(O)c2C1=O. The van der Waals surface area contributed by atoms with Crippen molar-refractivity contribution in [1.82, 2.24) is 5.32 Å². The molecule has 0 aliphatic heterocycles. The number of unbranched alkanes of at least 4 members (excludes halogenated alkanes) is 2. The summed E-state index contributed by atoms with van der Waals surface area (Å²) in [6, 6.07) is 2.33. The zero-order valence-electron chi connectivity index (χ0n) is 11.6. The van der Waals surface area contributed by atoms with E-state index in [-0.39, 0.29) is 33.4 Å². The summed E-state index contributed by atoms with van der Waals surface area (Å²) >= 11 is 5.95. The standard InChI is InChI=1S/C15H16ClNO4/c1-2-3-4-7-17-13-12(16)14(20)10-8(18)5-6-9(19)11(10)15(13)21/h5-6,17-19H,2-4,7H2,1H3. The maximum absolute atomic E-state index is 12.4. The van der Waals surface area contributed by atoms with Crippen molar-refractivity contribution in [3.8, 4) is 11.5 Å². The van der Waals surface area contributed by atoms with Gasteiger partial charge in [0.05, 0.1) is 11.1 Å². The molecule has 0 fully saturated rings. The van der Waals surface area contributed by atoms with Gasteiger partial charge in [0, 0.05) is 6.54 Å². The number of ketones is 2. The minimum atomic E-state index is -0.669. The monoisotopic (exact) mass is 309 g/mol. The highest BCUT2D eigenvalue weighted by Crippen LogP contribution is 2.37. The third kappa shape index (κ3) is 2.74. The number of phenols is 2. The van der Waals surface area contributed by atoms with Crippen LogP contribution in [0, 0.1) is 0 Å². The molecule has 1 aromatic rings. The van der Waals surface area contributed by atoms with Crippen LogP contribution in [0.4, 0.5) is 0 Å². The fourth-order valence-electron chi connectivity index (χ4n) is 2.23. The van der Waals surface area contributed by atoms with Gasteiger partial charge in [-0.05, 0) is 18.6 Å². The number of hydrogen-bond donors (Lipinski definition) is 3. The molecule has 0 saturated heterocycles. The molecule has 0 amide bonds. The molecule has 0 saturated carbocycles. The summed E-state index contributed by atoms with van der Waals surface area (Å²) in [6.45, 7) is 2.56. The number of carbonyl (C=O) groups excluding carboxylic acids is 2. The first-order valence-corrected chi connectivity index (χ1v) is 7.14. The van der Waals surface area contributed by atoms with Gasteiger partial charge in [-0.15, -0.1) is 0 Å². The minimum absolute atomic E-state index is 0.0221. The van der Waals surface area contributed by atoms with Crippen LogP contribution in [-0.2, 0) is 0 Å². The summed E-state index contributed by atoms with van der Waals surface area (Å²) in [5.41, 5.74) is -0.474. The average Bonchev–Trinajstić information content (AvgIpc) is 2.46. The number of aromatic hydroxyl groups is 2. The van der Waals surface area contributed by atoms with E-state index in [4.69, 9.17) is 11.6 Å². The van der Waals surface area contributed by atoms with Gasteiger partial charge in [-0.3, -0.25) is 9.59 Å². The molecule has 112 valence electrons. The van der Waals surface area contributed by atoms with Crippen LogP contribution >= 0.6 is 11.6 Å². The van der Waals surface area contributed by atoms with Crippen molar-refractivity contribution in [2.75, 3.05) is 6.54 Å². The fourth-order valence-corrected chi connectivity index (χ4v) is 2.48. The Kier molecular flexibility index (Phi) is 4.53. The van der Waals surface area contributed by atoms with Crippen molar-refractivity contribution in [2.24, 2.45) is 0 Å². The smallest absolute Gasteiger partial charge is 0.215 e. The summed E-state index contributed by atoms with van der Waals surface area (Å²) in [5.74, 6) is -1.97. The Balaban J connectivity index is 2.37. The van der Waals surface area contributed by atoms with E-state index >= 15 is 0 Å². The molecule has 5 nitrogen and oxygen atoms in total. The number of carbonyl (C=O) groups is 2. The number of phenolic OH excluding ortho intramolecular Hbond substituents is 2. The highest BCUT2D eigenvalue weighted by atomic mass is 35.5. The molecule has 1 aliphatic rings. The topological polar surface area (TPSA) is 86.6 Å². The molecular formula is C15H16ClNO4. The second-order valence-electron chi connectivity index (χ2n) is 4.83. The number of fused-ring (bicyclic) bond motifs is 1. The summed E-state index contributed by atoms with van der Waals surface area (Å²) in [7, 11) is 0. The van der Waals surface area contributed by atoms with Crippen LogP contribution in [0.15, 0.2) is 22.9 Å². The number of halogens is 1. The van der Waals surface area contributed by atoms with Crippen molar-refractivity contribution in [3.63, 3.8) is 0 Å². The number of benzene rings is 1. The van der Waals surface area contributed by atoms with Crippen LogP contribution in [0.3, 0.4) is 0 Å². The zero-order valence-corrected chi connectivity index (χ0v) is 12.3. The molecule has 2 rings (SSSR count). The van der Waals surface area contributed by atoms with Gasteiger partial charge in [-0.1, -0.05) is 31.4 Å². The first-order chi connectivity index (χ1) is 9.99. The van der Waals surface area contributed by atoms with Gasteiger partial charge in [0.1, 0.15) is 22.2 Å². The Hall–Kier alpha value is -2.01. The van der Waals surface area contributed by atoms with E-state index in [2.05, 4.69) is 12.2 Å². The van der Waals surface area contributed by atoms with E-state index in [0.29, 0.717) is 6.54 Å². The third-order valence-electron chi connectivity index (χ3n) is 3.34. The molecule has 1 aromatic carbocycles. The summed E-state index contributed by atoms with van der Waals surface area (Å²) in [6.07, 6.45) is 2.85. The lowest BCUT2D eigenvalue weighted by atomic mass is 9.90. The van der Waals surface area contributed by atoms with E-state index in [0.717, 1.165) is 25.3 Å². The highest BCUT2D eigenvalue weighted by molar-refractivity contribution is 6.50. The van der Waals surface area contributed by atoms with Crippen molar-refractivity contribution in [2.45, 2.75) is 26.2 Å². The maximum Gasteiger partial charge on any atom is 0.215 e. The molecule has 1 aliphatic carbocycles. The van der Waals surface area contributed by atoms with Gasteiger partial charge in [0.15, 0.2) is 0 Å². The van der Waals surface area contributed by atoms with Gasteiger partial charge >= 0.3 is 0 Å². The Morgan fingerprint density at radius 1 is 1.05 bits per heavy atom. The third-order valence-corrected chi connectivity index (χ3v) is 3.70. The predicted octanol–water partition coefficient (Wildman–Crippen LogP) is 2.71. The van der Waals surface area contributed by atoms with Gasteiger partial charge in [0.25, 0.3) is 0 Å². The second kappa shape index (κ2) is 6.18. The molecule has 21 heavy (non-hydrogen) atoms. The van der Waals surface area contributed by atoms with Gasteiger partial charge in [-0.2, -0.15) is 0 Å². The Bertz CT molecular complexity index is 637. The van der Waals surface area contributed by atoms with Gasteiger partial charge in [0.2, 0.25) is 11.6 Å². The molecule has 0 spiro atoms. The van der Waals surface area contributed by atoms with Crippen LogP contribution in [0.2, 0.25) is 0 Å². The summed E-state index contributed by atoms with van der Waals surface area (Å²) in [5, 5.41) is 22.1. The number of allylic oxidation sites excluding steroid dienone is 2. The van der Waals surface area contributed by atoms with Crippen molar-refractivity contribution >= 4 is 23.2 Å². The molecule has 0 atom stereocenters. The summed E-state index contributed by atoms with van der Waals surface area (Å²) in [4.78, 5) is 24.6. The van der Waals surface area contributed by atoms with Crippen LogP contribution in [-0.4, -0.2) is 28.3 Å². The quantitative estimate of drug-likeness (QED) is 0.575. The van der Waals surface area contributed by atoms with E-state index in [1.54, 1.807) is 0 Å². The van der Waals surface area contributed by atoms with E-state index in [1.165, 1.54) is 6.07 Å². The highest BCUT2D eigenvalue weighted by Gasteiger charge is 2.35. The molecule has 0 aromatic heterocycles. The van der Waals surface area contributed by atoms with Crippen molar-refractivity contribution in [1.29, 1.82) is 0 Å². The molecule has 0 heterocycles. The minimum Gasteiger partial charge on any atom is -0.507 e. The number of Topliss-reactive ketones (excluding diaryl/α,β-unsaturated/α-hetero) is 2. The lowest BCUT2D eigenvalue weighted by Gasteiger charge is -2.20. The maximum atomic E-state index is 12.4. The van der Waals surface area contributed by atoms with Crippen LogP contribution in [0.25, 0.3) is 0 Å². The van der Waals surface area contributed by atoms with E-state index < -0.39 is 11.6 Å². The predicted molar refractivity (Wildman–Crippen MR) is 78.8 cm³/mol. The Labute approximate surface area is 127 Å². The van der Waals surface area contributed by atoms with E-state index in [9.17, 15) is 19.8 Å². The first-order valence-electron chi connectivity index (χ1n) is 6.77. The lowest BCUT2D eigenvalue weighted by Crippen LogP contribution is -2.29. The normalized spacial score (nSPS) is 14.4. The Morgan fingerprint density at radius 2 is 1.62 bits per heavy atom. The molecule has 3 N–H and O–H groups in total. The number of rotatable bonds is 5. The molecular weight excluding hydrogens is 294 g/mol. The van der Waals surface area contributed by atoms with Gasteiger partial charge in [-0.25, -0.2) is 0 Å². The first kappa shape index (κ1) is 15.4. The average molecular weight is 310 g/mol. The van der Waals surface area contributed by atoms with E-state index in [1.807, 2.05) is 0 Å². The molecule has 0 unspecified atom stereocenters. The second-order valence-corrected chi connectivity index (χ2v) is 5.21. The van der Waals surface area contributed by atoms with Gasteiger partial charge < -0.3 is 15.5 Å². The Morgan fingerprint density at radius 3 is 2.19 bits per heavy atom. The zero-order chi connectivity index (χ0) is 15.6.